The van der Waals surface area contributed by atoms with Gasteiger partial charge in [0.2, 0.25) is 0 Å². The summed E-state index contributed by atoms with van der Waals surface area (Å²) in [6.07, 6.45) is 2.37. The van der Waals surface area contributed by atoms with Crippen LogP contribution < -0.4 is 9.47 Å². The van der Waals surface area contributed by atoms with E-state index in [2.05, 4.69) is 0 Å². The monoisotopic (exact) mass is 566 g/mol. The van der Waals surface area contributed by atoms with Gasteiger partial charge in [-0.25, -0.2) is 4.79 Å². The Morgan fingerprint density at radius 2 is 1.61 bits per heavy atom. The van der Waals surface area contributed by atoms with Crippen LogP contribution in [0.1, 0.15) is 49.0 Å². The van der Waals surface area contributed by atoms with E-state index in [0.29, 0.717) is 35.7 Å². The molecule has 1 saturated heterocycles. The fourth-order valence-electron chi connectivity index (χ4n) is 4.09. The van der Waals surface area contributed by atoms with Crippen LogP contribution in [0.4, 0.5) is 4.79 Å². The molecule has 0 atom stereocenters. The summed E-state index contributed by atoms with van der Waals surface area (Å²) in [7, 11) is 1.51. The van der Waals surface area contributed by atoms with Gasteiger partial charge in [0.05, 0.1) is 35.9 Å². The number of amides is 2. The minimum Gasteiger partial charge on any atom is -0.496 e. The summed E-state index contributed by atoms with van der Waals surface area (Å²) in [5.74, 6) is 0.304. The molecular formula is C27H32Cl2N2O7. The van der Waals surface area contributed by atoms with Gasteiger partial charge in [-0.1, -0.05) is 23.2 Å². The highest BCUT2D eigenvalue weighted by molar-refractivity contribution is 6.37. The van der Waals surface area contributed by atoms with E-state index in [1.54, 1.807) is 44.2 Å². The van der Waals surface area contributed by atoms with Gasteiger partial charge in [-0.3, -0.25) is 14.5 Å². The molecule has 11 heteroatoms. The van der Waals surface area contributed by atoms with Gasteiger partial charge in [-0.15, -0.1) is 0 Å². The van der Waals surface area contributed by atoms with Crippen LogP contribution in [-0.2, 0) is 20.8 Å². The van der Waals surface area contributed by atoms with Gasteiger partial charge in [0.25, 0.3) is 5.91 Å². The highest BCUT2D eigenvalue weighted by atomic mass is 35.5. The maximum Gasteiger partial charge on any atom is 0.410 e. The van der Waals surface area contributed by atoms with E-state index in [1.165, 1.54) is 12.0 Å². The molecule has 0 bridgehead atoms. The van der Waals surface area contributed by atoms with Gasteiger partial charge < -0.3 is 23.8 Å². The van der Waals surface area contributed by atoms with E-state index in [-0.39, 0.29) is 48.0 Å². The number of esters is 1. The lowest BCUT2D eigenvalue weighted by Gasteiger charge is -2.27. The number of hydrogen-bond acceptors (Lipinski definition) is 7. The third kappa shape index (κ3) is 7.68. The van der Waals surface area contributed by atoms with Crippen molar-refractivity contribution >= 4 is 41.2 Å². The van der Waals surface area contributed by atoms with Gasteiger partial charge in [-0.2, -0.15) is 0 Å². The van der Waals surface area contributed by atoms with Gasteiger partial charge in [0, 0.05) is 19.6 Å². The molecule has 0 radical (unpaired) electrons. The summed E-state index contributed by atoms with van der Waals surface area (Å²) in [4.78, 5) is 40.5. The van der Waals surface area contributed by atoms with Crippen molar-refractivity contribution in [1.29, 1.82) is 0 Å². The number of carbonyl (C=O) groups excluding carboxylic acids is 3. The zero-order valence-corrected chi connectivity index (χ0v) is 23.3. The molecule has 2 aromatic rings. The van der Waals surface area contributed by atoms with Crippen molar-refractivity contribution in [3.8, 4) is 17.2 Å². The number of hydrogen-bond donors (Lipinski definition) is 0. The fraction of sp³-hybridized carbons (Fsp3) is 0.444. The fourth-order valence-corrected chi connectivity index (χ4v) is 4.70. The molecule has 0 saturated carbocycles. The number of piperidine rings is 1. The van der Waals surface area contributed by atoms with E-state index >= 15 is 0 Å². The number of ether oxygens (including phenoxy) is 4. The maximum atomic E-state index is 13.1. The predicted molar refractivity (Wildman–Crippen MR) is 143 cm³/mol. The van der Waals surface area contributed by atoms with E-state index < -0.39 is 12.1 Å². The average Bonchev–Trinajstić information content (AvgIpc) is 2.90. The summed E-state index contributed by atoms with van der Waals surface area (Å²) in [6.45, 7) is 4.81. The summed E-state index contributed by atoms with van der Waals surface area (Å²) >= 11 is 13.0. The molecule has 3 rings (SSSR count). The first-order chi connectivity index (χ1) is 18.3. The van der Waals surface area contributed by atoms with Crippen LogP contribution in [0.25, 0.3) is 0 Å². The van der Waals surface area contributed by atoms with E-state index in [0.717, 1.165) is 19.3 Å². The molecule has 206 valence electrons. The van der Waals surface area contributed by atoms with Crippen molar-refractivity contribution in [2.75, 3.05) is 40.0 Å². The van der Waals surface area contributed by atoms with Crippen LogP contribution in [0.3, 0.4) is 0 Å². The molecule has 1 aliphatic rings. The Morgan fingerprint density at radius 1 is 0.947 bits per heavy atom. The first kappa shape index (κ1) is 29.4. The molecular weight excluding hydrogens is 535 g/mol. The minimum atomic E-state index is -0.669. The van der Waals surface area contributed by atoms with Crippen LogP contribution in [0, 0.1) is 0 Å². The molecule has 1 aliphatic heterocycles. The van der Waals surface area contributed by atoms with E-state index in [1.807, 2.05) is 4.90 Å². The Morgan fingerprint density at radius 3 is 2.21 bits per heavy atom. The largest absolute Gasteiger partial charge is 0.496 e. The van der Waals surface area contributed by atoms with Crippen molar-refractivity contribution in [1.82, 2.24) is 9.80 Å². The van der Waals surface area contributed by atoms with Crippen LogP contribution >= 0.6 is 23.2 Å². The third-order valence-electron chi connectivity index (χ3n) is 5.85. The Hall–Kier alpha value is -3.17. The first-order valence-electron chi connectivity index (χ1n) is 12.5. The van der Waals surface area contributed by atoms with Crippen molar-refractivity contribution in [2.45, 2.75) is 39.7 Å². The van der Waals surface area contributed by atoms with Crippen molar-refractivity contribution in [2.24, 2.45) is 0 Å². The molecule has 0 unspecified atom stereocenters. The number of methoxy groups -OCH3 is 1. The van der Waals surface area contributed by atoms with Gasteiger partial charge in [0.15, 0.2) is 5.75 Å². The summed E-state index contributed by atoms with van der Waals surface area (Å²) in [5, 5.41) is 0.374. The Kier molecular flexibility index (Phi) is 10.9. The quantitative estimate of drug-likeness (QED) is 0.328. The Labute approximate surface area is 232 Å². The second kappa shape index (κ2) is 14.1. The van der Waals surface area contributed by atoms with Gasteiger partial charge >= 0.3 is 12.1 Å². The second-order valence-corrected chi connectivity index (χ2v) is 9.38. The molecule has 2 amide bonds. The molecule has 1 fully saturated rings. The maximum absolute atomic E-state index is 13.1. The normalized spacial score (nSPS) is 13.0. The smallest absolute Gasteiger partial charge is 0.410 e. The zero-order valence-electron chi connectivity index (χ0n) is 21.8. The lowest BCUT2D eigenvalue weighted by atomic mass is 10.1. The lowest BCUT2D eigenvalue weighted by molar-refractivity contribution is -0.144. The predicted octanol–water partition coefficient (Wildman–Crippen LogP) is 5.94. The molecule has 38 heavy (non-hydrogen) atoms. The standard InChI is InChI=1S/C27H32Cl2N2O7/c1-4-36-24(32)17-31(27(34)37-5-2)16-18-13-21(28)25(22(29)14-18)38-19-9-10-23(35-3)20(15-19)26(33)30-11-7-6-8-12-30/h9-10,13-15H,4-8,11-12,16-17H2,1-3H3. The molecule has 0 aromatic heterocycles. The number of benzene rings is 2. The van der Waals surface area contributed by atoms with E-state index in [4.69, 9.17) is 42.1 Å². The van der Waals surface area contributed by atoms with Crippen LogP contribution in [0.5, 0.6) is 17.2 Å². The number of likely N-dealkylation sites (tertiary alicyclic amines) is 1. The van der Waals surface area contributed by atoms with Crippen LogP contribution in [0.2, 0.25) is 10.0 Å². The molecule has 1 heterocycles. The van der Waals surface area contributed by atoms with Crippen LogP contribution in [0.15, 0.2) is 30.3 Å². The molecule has 0 aliphatic carbocycles. The summed E-state index contributed by atoms with van der Waals surface area (Å²) < 4.78 is 21.4. The first-order valence-corrected chi connectivity index (χ1v) is 13.2. The van der Waals surface area contributed by atoms with Gasteiger partial charge in [-0.05, 0) is 69.0 Å². The highest BCUT2D eigenvalue weighted by Gasteiger charge is 2.24. The Bertz CT molecular complexity index is 1130. The second-order valence-electron chi connectivity index (χ2n) is 8.57. The molecule has 2 aromatic carbocycles. The molecule has 0 spiro atoms. The number of rotatable bonds is 10. The number of halogens is 2. The lowest BCUT2D eigenvalue weighted by Crippen LogP contribution is -2.36. The summed E-state index contributed by atoms with van der Waals surface area (Å²) in [6, 6.07) is 8.11. The third-order valence-corrected chi connectivity index (χ3v) is 6.41. The number of carbonyl (C=O) groups is 3. The van der Waals surface area contributed by atoms with Crippen molar-refractivity contribution in [3.05, 3.63) is 51.5 Å². The highest BCUT2D eigenvalue weighted by Crippen LogP contribution is 2.39. The average molecular weight is 567 g/mol. The number of nitrogens with zero attached hydrogens (tertiary/aromatic N) is 2. The Balaban J connectivity index is 1.82. The van der Waals surface area contributed by atoms with E-state index in [9.17, 15) is 14.4 Å². The van der Waals surface area contributed by atoms with Crippen molar-refractivity contribution in [3.63, 3.8) is 0 Å². The topological polar surface area (TPSA) is 94.6 Å². The van der Waals surface area contributed by atoms with Gasteiger partial charge in [0.1, 0.15) is 18.0 Å². The molecule has 9 nitrogen and oxygen atoms in total. The zero-order chi connectivity index (χ0) is 27.7. The minimum absolute atomic E-state index is 0.00832. The summed E-state index contributed by atoms with van der Waals surface area (Å²) in [5.41, 5.74) is 0.945. The van der Waals surface area contributed by atoms with Crippen LogP contribution in [-0.4, -0.2) is 67.7 Å². The van der Waals surface area contributed by atoms with Crippen molar-refractivity contribution < 1.29 is 33.3 Å². The SMILES string of the molecule is CCOC(=O)CN(Cc1cc(Cl)c(Oc2ccc(OC)c(C(=O)N3CCCCC3)c2)c(Cl)c1)C(=O)OCC. The molecule has 0 N–H and O–H groups in total.